The maximum Gasteiger partial charge on any atom is 0.251 e. The van der Waals surface area contributed by atoms with E-state index in [0.717, 1.165) is 25.3 Å². The highest BCUT2D eigenvalue weighted by molar-refractivity contribution is 5.94. The number of carbonyl (C=O) groups is 1. The lowest BCUT2D eigenvalue weighted by molar-refractivity contribution is 0.0924. The van der Waals surface area contributed by atoms with Gasteiger partial charge >= 0.3 is 0 Å². The average molecular weight is 411 g/mol. The third kappa shape index (κ3) is 4.87. The highest BCUT2D eigenvalue weighted by Gasteiger charge is 2.23. The number of carbonyl (C=O) groups excluding carboxylic acids is 1. The van der Waals surface area contributed by atoms with Crippen LogP contribution in [0.3, 0.4) is 0 Å². The molecule has 2 aromatic carbocycles. The van der Waals surface area contributed by atoms with Crippen molar-refractivity contribution in [2.24, 2.45) is 0 Å². The number of fused-ring (bicyclic) bond motifs is 1. The van der Waals surface area contributed by atoms with Gasteiger partial charge in [-0.1, -0.05) is 18.6 Å². The van der Waals surface area contributed by atoms with Crippen LogP contribution in [0.1, 0.15) is 47.6 Å². The summed E-state index contributed by atoms with van der Waals surface area (Å²) in [5.41, 5.74) is 1.78. The summed E-state index contributed by atoms with van der Waals surface area (Å²) in [6.07, 6.45) is 4.51. The molecule has 6 nitrogen and oxygen atoms in total. The van der Waals surface area contributed by atoms with Gasteiger partial charge in [-0.2, -0.15) is 0 Å². The summed E-state index contributed by atoms with van der Waals surface area (Å²) in [5.74, 6) is 2.09. The Morgan fingerprint density at radius 1 is 1.00 bits per heavy atom. The van der Waals surface area contributed by atoms with E-state index in [-0.39, 0.29) is 11.9 Å². The molecule has 0 aliphatic carbocycles. The van der Waals surface area contributed by atoms with Crippen LogP contribution in [0, 0.1) is 0 Å². The van der Waals surface area contributed by atoms with Crippen LogP contribution in [0.5, 0.6) is 17.2 Å². The summed E-state index contributed by atoms with van der Waals surface area (Å²) in [4.78, 5) is 15.4. The van der Waals surface area contributed by atoms with E-state index in [4.69, 9.17) is 14.2 Å². The number of rotatable bonds is 6. The molecular formula is C24H30N2O4. The molecule has 1 saturated heterocycles. The minimum absolute atomic E-state index is 0.0961. The molecule has 0 bridgehead atoms. The van der Waals surface area contributed by atoms with E-state index in [1.54, 1.807) is 19.2 Å². The molecule has 0 spiro atoms. The Kier molecular flexibility index (Phi) is 6.74. The number of hydrogen-bond acceptors (Lipinski definition) is 5. The lowest BCUT2D eigenvalue weighted by Crippen LogP contribution is -2.40. The molecule has 1 fully saturated rings. The van der Waals surface area contributed by atoms with Crippen molar-refractivity contribution >= 4 is 5.91 Å². The zero-order chi connectivity index (χ0) is 20.8. The summed E-state index contributed by atoms with van der Waals surface area (Å²) in [7, 11) is 1.67. The molecule has 4 rings (SSSR count). The standard InChI is InChI=1S/C24H30N2O4/c1-28-20-9-6-18(7-10-20)21(26-12-3-2-4-13-26)17-25-24(27)19-8-11-22-23(16-19)30-15-5-14-29-22/h6-11,16,21H,2-5,12-15,17H2,1H3,(H,25,27)/t21-/m1/s1. The van der Waals surface area contributed by atoms with E-state index in [0.29, 0.717) is 36.8 Å². The number of methoxy groups -OCH3 is 1. The number of likely N-dealkylation sites (tertiary alicyclic amines) is 1. The highest BCUT2D eigenvalue weighted by atomic mass is 16.5. The van der Waals surface area contributed by atoms with Crippen molar-refractivity contribution in [1.82, 2.24) is 10.2 Å². The lowest BCUT2D eigenvalue weighted by atomic mass is 10.0. The van der Waals surface area contributed by atoms with E-state index >= 15 is 0 Å². The summed E-state index contributed by atoms with van der Waals surface area (Å²) < 4.78 is 16.7. The molecule has 0 aromatic heterocycles. The first-order valence-electron chi connectivity index (χ1n) is 10.8. The largest absolute Gasteiger partial charge is 0.497 e. The van der Waals surface area contributed by atoms with E-state index < -0.39 is 0 Å². The minimum Gasteiger partial charge on any atom is -0.497 e. The first kappa shape index (κ1) is 20.5. The van der Waals surface area contributed by atoms with Crippen LogP contribution >= 0.6 is 0 Å². The molecule has 0 unspecified atom stereocenters. The van der Waals surface area contributed by atoms with Gasteiger partial charge in [0, 0.05) is 18.5 Å². The van der Waals surface area contributed by atoms with Gasteiger partial charge in [0.25, 0.3) is 5.91 Å². The number of nitrogens with zero attached hydrogens (tertiary/aromatic N) is 1. The van der Waals surface area contributed by atoms with Gasteiger partial charge in [0.15, 0.2) is 11.5 Å². The van der Waals surface area contributed by atoms with E-state index in [9.17, 15) is 4.79 Å². The Morgan fingerprint density at radius 2 is 1.73 bits per heavy atom. The number of hydrogen-bond donors (Lipinski definition) is 1. The first-order valence-corrected chi connectivity index (χ1v) is 10.8. The highest BCUT2D eigenvalue weighted by Crippen LogP contribution is 2.31. The van der Waals surface area contributed by atoms with Gasteiger partial charge in [0.05, 0.1) is 26.4 Å². The van der Waals surface area contributed by atoms with Gasteiger partial charge < -0.3 is 19.5 Å². The van der Waals surface area contributed by atoms with E-state index in [1.165, 1.54) is 24.8 Å². The molecule has 2 aliphatic rings. The molecule has 1 N–H and O–H groups in total. The van der Waals surface area contributed by atoms with Gasteiger partial charge in [-0.05, 0) is 61.8 Å². The second-order valence-corrected chi connectivity index (χ2v) is 7.81. The van der Waals surface area contributed by atoms with Crippen LogP contribution in [0.4, 0.5) is 0 Å². The molecule has 0 saturated carbocycles. The zero-order valence-corrected chi connectivity index (χ0v) is 17.6. The minimum atomic E-state index is -0.0961. The third-order valence-electron chi connectivity index (χ3n) is 5.80. The normalized spacial score (nSPS) is 17.6. The number of piperidine rings is 1. The molecule has 6 heteroatoms. The average Bonchev–Trinajstić information content (AvgIpc) is 3.05. The lowest BCUT2D eigenvalue weighted by Gasteiger charge is -2.35. The summed E-state index contributed by atoms with van der Waals surface area (Å²) in [6.45, 7) is 3.90. The molecule has 30 heavy (non-hydrogen) atoms. The number of benzene rings is 2. The van der Waals surface area contributed by atoms with Crippen molar-refractivity contribution in [3.05, 3.63) is 53.6 Å². The van der Waals surface area contributed by atoms with Gasteiger partial charge in [-0.15, -0.1) is 0 Å². The Hall–Kier alpha value is -2.73. The monoisotopic (exact) mass is 410 g/mol. The van der Waals surface area contributed by atoms with Crippen molar-refractivity contribution in [2.75, 3.05) is 40.0 Å². The SMILES string of the molecule is COc1ccc([C@@H](CNC(=O)c2ccc3c(c2)OCCCO3)N2CCCCC2)cc1. The van der Waals surface area contributed by atoms with E-state index in [1.807, 2.05) is 18.2 Å². The predicted molar refractivity (Wildman–Crippen MR) is 116 cm³/mol. The molecule has 2 aliphatic heterocycles. The number of nitrogens with one attached hydrogen (secondary N) is 1. The van der Waals surface area contributed by atoms with Gasteiger partial charge in [-0.3, -0.25) is 9.69 Å². The summed E-state index contributed by atoms with van der Waals surface area (Å²) in [6, 6.07) is 13.7. The summed E-state index contributed by atoms with van der Waals surface area (Å²) in [5, 5.41) is 3.14. The van der Waals surface area contributed by atoms with E-state index in [2.05, 4.69) is 22.3 Å². The first-order chi connectivity index (χ1) is 14.7. The molecule has 160 valence electrons. The molecular weight excluding hydrogens is 380 g/mol. The third-order valence-corrected chi connectivity index (χ3v) is 5.80. The Labute approximate surface area is 178 Å². The Bertz CT molecular complexity index is 847. The maximum absolute atomic E-state index is 12.9. The molecule has 1 amide bonds. The van der Waals surface area contributed by atoms with Gasteiger partial charge in [0.2, 0.25) is 0 Å². The zero-order valence-electron chi connectivity index (χ0n) is 17.6. The van der Waals surface area contributed by atoms with Gasteiger partial charge in [-0.25, -0.2) is 0 Å². The van der Waals surface area contributed by atoms with Crippen LogP contribution in [0.2, 0.25) is 0 Å². The van der Waals surface area contributed by atoms with Crippen molar-refractivity contribution in [3.63, 3.8) is 0 Å². The van der Waals surface area contributed by atoms with Gasteiger partial charge in [0.1, 0.15) is 5.75 Å². The summed E-state index contributed by atoms with van der Waals surface area (Å²) >= 11 is 0. The molecule has 0 radical (unpaired) electrons. The molecule has 2 aromatic rings. The Balaban J connectivity index is 1.47. The van der Waals surface area contributed by atoms with Crippen LogP contribution < -0.4 is 19.5 Å². The molecule has 2 heterocycles. The number of ether oxygens (including phenoxy) is 3. The predicted octanol–water partition coefficient (Wildman–Crippen LogP) is 3.81. The van der Waals surface area contributed by atoms with Crippen LogP contribution in [-0.2, 0) is 0 Å². The second kappa shape index (κ2) is 9.85. The fourth-order valence-corrected chi connectivity index (χ4v) is 4.11. The fourth-order valence-electron chi connectivity index (χ4n) is 4.11. The topological polar surface area (TPSA) is 60.0 Å². The van der Waals surface area contributed by atoms with Crippen LogP contribution in [-0.4, -0.2) is 50.8 Å². The van der Waals surface area contributed by atoms with Crippen LogP contribution in [0.25, 0.3) is 0 Å². The second-order valence-electron chi connectivity index (χ2n) is 7.81. The van der Waals surface area contributed by atoms with Crippen LogP contribution in [0.15, 0.2) is 42.5 Å². The quantitative estimate of drug-likeness (QED) is 0.785. The van der Waals surface area contributed by atoms with Crippen molar-refractivity contribution < 1.29 is 19.0 Å². The number of amides is 1. The van der Waals surface area contributed by atoms with Crippen molar-refractivity contribution in [3.8, 4) is 17.2 Å². The van der Waals surface area contributed by atoms with Crippen molar-refractivity contribution in [2.45, 2.75) is 31.7 Å². The van der Waals surface area contributed by atoms with Crippen molar-refractivity contribution in [1.29, 1.82) is 0 Å². The molecule has 1 atom stereocenters. The fraction of sp³-hybridized carbons (Fsp3) is 0.458. The smallest absolute Gasteiger partial charge is 0.251 e. The maximum atomic E-state index is 12.9. The Morgan fingerprint density at radius 3 is 2.47 bits per heavy atom.